The molecule has 1 heterocycles. The maximum absolute atomic E-state index is 8.74. The highest BCUT2D eigenvalue weighted by molar-refractivity contribution is 7.18. The molecule has 2 rings (SSSR count). The van der Waals surface area contributed by atoms with Gasteiger partial charge in [0.1, 0.15) is 5.82 Å². The third-order valence-electron chi connectivity index (χ3n) is 2.65. The van der Waals surface area contributed by atoms with Crippen molar-refractivity contribution in [2.24, 2.45) is 0 Å². The van der Waals surface area contributed by atoms with Crippen LogP contribution in [0.5, 0.6) is 0 Å². The van der Waals surface area contributed by atoms with Crippen LogP contribution in [0.1, 0.15) is 18.1 Å². The van der Waals surface area contributed by atoms with Gasteiger partial charge in [-0.1, -0.05) is 6.92 Å². The van der Waals surface area contributed by atoms with Gasteiger partial charge in [-0.3, -0.25) is 0 Å². The first-order valence-electron chi connectivity index (χ1n) is 5.86. The molecule has 5 nitrogen and oxygen atoms in total. The fraction of sp³-hybridized carbons (Fsp3) is 0.154. The Hall–Kier alpha value is -2.18. The van der Waals surface area contributed by atoms with Crippen molar-refractivity contribution in [3.63, 3.8) is 0 Å². The van der Waals surface area contributed by atoms with Crippen LogP contribution in [-0.4, -0.2) is 9.97 Å². The van der Waals surface area contributed by atoms with E-state index in [4.69, 9.17) is 5.26 Å². The number of aryl methyl sites for hydroxylation is 1. The van der Waals surface area contributed by atoms with E-state index in [1.54, 1.807) is 18.3 Å². The number of hydrogen-bond acceptors (Lipinski definition) is 5. The van der Waals surface area contributed by atoms with Gasteiger partial charge in [0.2, 0.25) is 5.95 Å². The lowest BCUT2D eigenvalue weighted by Gasteiger charge is -2.09. The summed E-state index contributed by atoms with van der Waals surface area (Å²) in [6.45, 7) is 2.05. The lowest BCUT2D eigenvalue weighted by Crippen LogP contribution is -2.01. The van der Waals surface area contributed by atoms with Crippen molar-refractivity contribution >= 4 is 26.8 Å². The molecule has 1 unspecified atom stereocenters. The van der Waals surface area contributed by atoms with Crippen LogP contribution in [0.15, 0.2) is 30.5 Å². The van der Waals surface area contributed by atoms with Crippen LogP contribution >= 0.6 is 9.39 Å². The first-order chi connectivity index (χ1) is 9.26. The van der Waals surface area contributed by atoms with E-state index in [2.05, 4.69) is 42.8 Å². The lowest BCUT2D eigenvalue weighted by atomic mass is 10.2. The van der Waals surface area contributed by atoms with E-state index in [1.807, 2.05) is 12.1 Å². The van der Waals surface area contributed by atoms with Crippen molar-refractivity contribution in [2.75, 3.05) is 10.4 Å². The predicted molar refractivity (Wildman–Crippen MR) is 79.2 cm³/mol. The molecule has 0 fully saturated rings. The number of nitriles is 1. The minimum atomic E-state index is 0.520. The molecule has 0 aliphatic heterocycles. The van der Waals surface area contributed by atoms with Crippen molar-refractivity contribution in [1.29, 1.82) is 5.26 Å². The Balaban J connectivity index is 2.20. The molecule has 6 heteroatoms. The number of benzene rings is 1. The average Bonchev–Trinajstić information content (AvgIpc) is 2.48. The van der Waals surface area contributed by atoms with Gasteiger partial charge < -0.3 is 10.4 Å². The Morgan fingerprint density at radius 2 is 2.05 bits per heavy atom. The SMILES string of the molecule is CCc1cnc(Nc2ccc(C#N)cc2)nc1NP. The van der Waals surface area contributed by atoms with Crippen LogP contribution in [0.25, 0.3) is 0 Å². The molecule has 19 heavy (non-hydrogen) atoms. The molecule has 0 aliphatic rings. The first-order valence-corrected chi connectivity index (χ1v) is 6.44. The van der Waals surface area contributed by atoms with Gasteiger partial charge in [0.25, 0.3) is 0 Å². The molecule has 0 radical (unpaired) electrons. The van der Waals surface area contributed by atoms with Gasteiger partial charge in [-0.05, 0) is 40.1 Å². The van der Waals surface area contributed by atoms with Crippen molar-refractivity contribution in [3.8, 4) is 6.07 Å². The molecule has 0 saturated carbocycles. The molecule has 96 valence electrons. The zero-order valence-electron chi connectivity index (χ0n) is 10.5. The molecular formula is C13H14N5P. The van der Waals surface area contributed by atoms with Gasteiger partial charge in [-0.25, -0.2) is 4.98 Å². The molecule has 1 aromatic heterocycles. The highest BCUT2D eigenvalue weighted by Gasteiger charge is 2.04. The van der Waals surface area contributed by atoms with Crippen molar-refractivity contribution in [3.05, 3.63) is 41.6 Å². The Morgan fingerprint density at radius 3 is 2.63 bits per heavy atom. The number of nitrogens with zero attached hydrogens (tertiary/aromatic N) is 3. The van der Waals surface area contributed by atoms with Gasteiger partial charge in [-0.2, -0.15) is 10.2 Å². The maximum Gasteiger partial charge on any atom is 0.229 e. The number of aromatic nitrogens is 2. The second-order valence-corrected chi connectivity index (χ2v) is 4.17. The molecule has 0 aliphatic carbocycles. The van der Waals surface area contributed by atoms with Crippen LogP contribution in [0.2, 0.25) is 0 Å². The predicted octanol–water partition coefficient (Wildman–Crippen LogP) is 2.86. The van der Waals surface area contributed by atoms with E-state index in [0.717, 1.165) is 23.5 Å². The summed E-state index contributed by atoms with van der Waals surface area (Å²) in [6.07, 6.45) is 2.67. The summed E-state index contributed by atoms with van der Waals surface area (Å²) in [5.41, 5.74) is 2.53. The molecule has 1 atom stereocenters. The second-order valence-electron chi connectivity index (χ2n) is 3.88. The maximum atomic E-state index is 8.74. The molecule has 0 amide bonds. The van der Waals surface area contributed by atoms with Crippen LogP contribution in [-0.2, 0) is 6.42 Å². The second kappa shape index (κ2) is 6.12. The fourth-order valence-electron chi connectivity index (χ4n) is 1.61. The molecule has 0 saturated heterocycles. The largest absolute Gasteiger partial charge is 0.354 e. The third-order valence-corrected chi connectivity index (χ3v) is 2.93. The monoisotopic (exact) mass is 271 g/mol. The number of nitrogens with one attached hydrogen (secondary N) is 2. The van der Waals surface area contributed by atoms with Gasteiger partial charge >= 0.3 is 0 Å². The summed E-state index contributed by atoms with van der Waals surface area (Å²) >= 11 is 0. The number of rotatable bonds is 4. The Labute approximate surface area is 114 Å². The summed E-state index contributed by atoms with van der Waals surface area (Å²) in [7, 11) is 2.44. The van der Waals surface area contributed by atoms with E-state index in [9.17, 15) is 0 Å². The molecular weight excluding hydrogens is 257 g/mol. The highest BCUT2D eigenvalue weighted by Crippen LogP contribution is 2.19. The molecule has 0 bridgehead atoms. The topological polar surface area (TPSA) is 73.6 Å². The number of hydrogen-bond donors (Lipinski definition) is 2. The standard InChI is InChI=1S/C13H14N5P/c1-2-10-8-15-13(17-12(10)18-19)16-11-5-3-9(7-14)4-6-11/h3-6,8H,2,19H2,1H3,(H2,15,16,17,18). The quantitative estimate of drug-likeness (QED) is 0.836. The summed E-state index contributed by atoms with van der Waals surface area (Å²) in [4.78, 5) is 8.64. The normalized spacial score (nSPS) is 9.74. The Kier molecular flexibility index (Phi) is 4.27. The van der Waals surface area contributed by atoms with E-state index in [1.165, 1.54) is 0 Å². The summed E-state index contributed by atoms with van der Waals surface area (Å²) in [5.74, 6) is 1.31. The van der Waals surface area contributed by atoms with Crippen LogP contribution in [0.4, 0.5) is 17.5 Å². The van der Waals surface area contributed by atoms with Gasteiger partial charge in [0.15, 0.2) is 0 Å². The fourth-order valence-corrected chi connectivity index (χ4v) is 1.86. The minimum absolute atomic E-state index is 0.520. The zero-order valence-corrected chi connectivity index (χ0v) is 11.7. The van der Waals surface area contributed by atoms with Crippen molar-refractivity contribution in [1.82, 2.24) is 9.97 Å². The summed E-state index contributed by atoms with van der Waals surface area (Å²) in [6, 6.07) is 9.22. The summed E-state index contributed by atoms with van der Waals surface area (Å²) in [5, 5.41) is 14.8. The average molecular weight is 271 g/mol. The first kappa shape index (κ1) is 13.3. The molecule has 2 N–H and O–H groups in total. The van der Waals surface area contributed by atoms with E-state index in [-0.39, 0.29) is 0 Å². The molecule has 2 aromatic rings. The van der Waals surface area contributed by atoms with E-state index >= 15 is 0 Å². The van der Waals surface area contributed by atoms with Crippen LogP contribution in [0.3, 0.4) is 0 Å². The van der Waals surface area contributed by atoms with Gasteiger partial charge in [0.05, 0.1) is 11.6 Å². The lowest BCUT2D eigenvalue weighted by molar-refractivity contribution is 1.06. The van der Waals surface area contributed by atoms with Crippen molar-refractivity contribution in [2.45, 2.75) is 13.3 Å². The number of anilines is 3. The van der Waals surface area contributed by atoms with E-state index < -0.39 is 0 Å². The molecule has 1 aromatic carbocycles. The smallest absolute Gasteiger partial charge is 0.229 e. The van der Waals surface area contributed by atoms with Gasteiger partial charge in [-0.15, -0.1) is 0 Å². The zero-order chi connectivity index (χ0) is 13.7. The van der Waals surface area contributed by atoms with Crippen LogP contribution < -0.4 is 10.4 Å². The molecule has 0 spiro atoms. The van der Waals surface area contributed by atoms with Crippen LogP contribution in [0, 0.1) is 11.3 Å². The highest BCUT2D eigenvalue weighted by atomic mass is 31.0. The summed E-state index contributed by atoms with van der Waals surface area (Å²) < 4.78 is 0. The third kappa shape index (κ3) is 3.18. The Bertz CT molecular complexity index is 603. The van der Waals surface area contributed by atoms with Gasteiger partial charge in [0, 0.05) is 17.4 Å². The van der Waals surface area contributed by atoms with Crippen molar-refractivity contribution < 1.29 is 0 Å². The Morgan fingerprint density at radius 1 is 1.32 bits per heavy atom. The van der Waals surface area contributed by atoms with E-state index in [0.29, 0.717) is 11.5 Å². The minimum Gasteiger partial charge on any atom is -0.354 e.